The maximum absolute atomic E-state index is 10.1. The van der Waals surface area contributed by atoms with E-state index in [1.807, 2.05) is 49.4 Å². The first-order chi connectivity index (χ1) is 11.7. The van der Waals surface area contributed by atoms with E-state index in [-0.39, 0.29) is 23.1 Å². The highest BCUT2D eigenvalue weighted by Crippen LogP contribution is 2.37. The third-order valence-electron chi connectivity index (χ3n) is 4.24. The van der Waals surface area contributed by atoms with Crippen LogP contribution in [0.2, 0.25) is 0 Å². The summed E-state index contributed by atoms with van der Waals surface area (Å²) in [6, 6.07) is 26.0. The predicted octanol–water partition coefficient (Wildman–Crippen LogP) is 5.20. The second kappa shape index (κ2) is 7.11. The highest BCUT2D eigenvalue weighted by Gasteiger charge is 2.12. The molecular weight excluding hydrogens is 321 g/mol. The molecule has 0 fully saturated rings. The van der Waals surface area contributed by atoms with E-state index >= 15 is 0 Å². The lowest BCUT2D eigenvalue weighted by molar-refractivity contribution is 0.475. The van der Waals surface area contributed by atoms with Gasteiger partial charge in [-0.2, -0.15) is 0 Å². The van der Waals surface area contributed by atoms with Gasteiger partial charge in [0.25, 0.3) is 0 Å². The summed E-state index contributed by atoms with van der Waals surface area (Å²) < 4.78 is 0. The van der Waals surface area contributed by atoms with Gasteiger partial charge in [-0.3, -0.25) is 4.98 Å². The maximum Gasteiger partial charge on any atom is 0.116 e. The number of hydrogen-bond acceptors (Lipinski definition) is 2. The summed E-state index contributed by atoms with van der Waals surface area (Å²) in [7, 11) is 0. The average molecular weight is 338 g/mol. The summed E-state index contributed by atoms with van der Waals surface area (Å²) in [5, 5.41) is 11.1. The number of nitrogens with zero attached hydrogens (tertiary/aromatic N) is 1. The number of phenolic OH excluding ortho intramolecular Hbond substituents is 1. The fraction of sp³-hybridized carbons (Fsp3) is 0.0455. The van der Waals surface area contributed by atoms with E-state index in [1.165, 1.54) is 0 Å². The number of phenols is 1. The Balaban J connectivity index is 0.00000182. The van der Waals surface area contributed by atoms with Gasteiger partial charge >= 0.3 is 0 Å². The second-order valence-electron chi connectivity index (χ2n) is 5.93. The van der Waals surface area contributed by atoms with E-state index in [2.05, 4.69) is 30.3 Å². The highest BCUT2D eigenvalue weighted by atomic mass is 27.0. The molecule has 3 aromatic carbocycles. The minimum Gasteiger partial charge on any atom is -0.508 e. The molecule has 0 amide bonds. The first-order valence-corrected chi connectivity index (χ1v) is 7.97. The van der Waals surface area contributed by atoms with Gasteiger partial charge in [0.1, 0.15) is 5.75 Å². The summed E-state index contributed by atoms with van der Waals surface area (Å²) in [6.45, 7) is 2.00. The fourth-order valence-corrected chi connectivity index (χ4v) is 3.09. The van der Waals surface area contributed by atoms with Crippen LogP contribution >= 0.6 is 0 Å². The van der Waals surface area contributed by atoms with Gasteiger partial charge in [0, 0.05) is 34.0 Å². The van der Waals surface area contributed by atoms with Crippen molar-refractivity contribution in [3.8, 4) is 28.0 Å². The monoisotopic (exact) mass is 338 g/mol. The lowest BCUT2D eigenvalue weighted by Crippen LogP contribution is -1.90. The summed E-state index contributed by atoms with van der Waals surface area (Å²) >= 11 is 0. The molecule has 0 bridgehead atoms. The molecule has 0 saturated heterocycles. The topological polar surface area (TPSA) is 33.1 Å². The summed E-state index contributed by atoms with van der Waals surface area (Å²) in [5.41, 5.74) is 6.17. The van der Waals surface area contributed by atoms with Crippen molar-refractivity contribution in [2.24, 2.45) is 0 Å². The molecule has 4 rings (SSSR count). The van der Waals surface area contributed by atoms with E-state index in [0.29, 0.717) is 0 Å². The number of para-hydroxylation sites is 1. The molecule has 1 N–H and O–H groups in total. The number of benzene rings is 3. The van der Waals surface area contributed by atoms with Crippen LogP contribution in [0.15, 0.2) is 78.9 Å². The van der Waals surface area contributed by atoms with Crippen molar-refractivity contribution in [1.29, 1.82) is 0 Å². The standard InChI is InChI=1S/C22H17NO.Al/c1-15-10-11-17-8-5-9-20(22(17)23-15)21-14-18(24)12-13-19(21)16-6-3-2-4-7-16;/h2-14,24H,1H3;. The molecule has 25 heavy (non-hydrogen) atoms. The molecule has 3 heteroatoms. The van der Waals surface area contributed by atoms with Crippen LogP contribution in [0.25, 0.3) is 33.2 Å². The van der Waals surface area contributed by atoms with Crippen molar-refractivity contribution >= 4 is 28.3 Å². The Morgan fingerprint density at radius 1 is 0.720 bits per heavy atom. The molecule has 0 spiro atoms. The van der Waals surface area contributed by atoms with Crippen LogP contribution in [0.5, 0.6) is 5.75 Å². The second-order valence-corrected chi connectivity index (χ2v) is 5.93. The summed E-state index contributed by atoms with van der Waals surface area (Å²) in [4.78, 5) is 4.73. The zero-order valence-corrected chi connectivity index (χ0v) is 15.1. The normalized spacial score (nSPS) is 10.4. The van der Waals surface area contributed by atoms with Crippen LogP contribution in [-0.2, 0) is 0 Å². The Bertz CT molecular complexity index is 1030. The number of rotatable bonds is 2. The maximum atomic E-state index is 10.1. The highest BCUT2D eigenvalue weighted by molar-refractivity contribution is 5.98. The molecular formula is C22H17AlNO. The van der Waals surface area contributed by atoms with Gasteiger partial charge in [0.05, 0.1) is 5.52 Å². The van der Waals surface area contributed by atoms with Crippen LogP contribution in [0.1, 0.15) is 5.69 Å². The number of aryl methyl sites for hydroxylation is 1. The van der Waals surface area contributed by atoms with E-state index in [9.17, 15) is 5.11 Å². The van der Waals surface area contributed by atoms with Gasteiger partial charge in [-0.15, -0.1) is 0 Å². The number of hydrogen-bond donors (Lipinski definition) is 1. The molecule has 3 radical (unpaired) electrons. The SMILES string of the molecule is Cc1ccc2cccc(-c3cc(O)ccc3-c3ccccc3)c2n1.[Al]. The molecule has 119 valence electrons. The Kier molecular flexibility index (Phi) is 4.90. The largest absolute Gasteiger partial charge is 0.508 e. The van der Waals surface area contributed by atoms with Gasteiger partial charge < -0.3 is 5.11 Å². The van der Waals surface area contributed by atoms with E-state index < -0.39 is 0 Å². The lowest BCUT2D eigenvalue weighted by Gasteiger charge is -2.13. The van der Waals surface area contributed by atoms with Crippen molar-refractivity contribution in [2.45, 2.75) is 6.92 Å². The quantitative estimate of drug-likeness (QED) is 0.510. The molecule has 0 aliphatic rings. The lowest BCUT2D eigenvalue weighted by atomic mass is 9.93. The van der Waals surface area contributed by atoms with Crippen LogP contribution in [0, 0.1) is 6.92 Å². The summed E-state index contributed by atoms with van der Waals surface area (Å²) in [5.74, 6) is 0.259. The van der Waals surface area contributed by atoms with E-state index in [1.54, 1.807) is 6.07 Å². The van der Waals surface area contributed by atoms with Gasteiger partial charge in [0.2, 0.25) is 0 Å². The molecule has 0 aliphatic heterocycles. The van der Waals surface area contributed by atoms with Crippen molar-refractivity contribution in [3.63, 3.8) is 0 Å². The zero-order valence-electron chi connectivity index (χ0n) is 14.0. The number of aromatic nitrogens is 1. The molecule has 0 atom stereocenters. The molecule has 4 aromatic rings. The summed E-state index contributed by atoms with van der Waals surface area (Å²) in [6.07, 6.45) is 0. The van der Waals surface area contributed by atoms with Gasteiger partial charge in [0.15, 0.2) is 0 Å². The van der Waals surface area contributed by atoms with Crippen molar-refractivity contribution in [2.75, 3.05) is 0 Å². The molecule has 1 aromatic heterocycles. The van der Waals surface area contributed by atoms with Crippen LogP contribution < -0.4 is 0 Å². The third-order valence-corrected chi connectivity index (χ3v) is 4.24. The first-order valence-electron chi connectivity index (χ1n) is 7.97. The number of pyridine rings is 1. The Morgan fingerprint density at radius 3 is 2.32 bits per heavy atom. The Labute approximate surface area is 157 Å². The van der Waals surface area contributed by atoms with Crippen LogP contribution in [-0.4, -0.2) is 27.5 Å². The van der Waals surface area contributed by atoms with Crippen molar-refractivity contribution in [1.82, 2.24) is 4.98 Å². The third kappa shape index (κ3) is 3.30. The van der Waals surface area contributed by atoms with Crippen LogP contribution in [0.3, 0.4) is 0 Å². The number of aromatic hydroxyl groups is 1. The molecule has 0 unspecified atom stereocenters. The smallest absolute Gasteiger partial charge is 0.116 e. The molecule has 1 heterocycles. The fourth-order valence-electron chi connectivity index (χ4n) is 3.09. The number of fused-ring (bicyclic) bond motifs is 1. The minimum atomic E-state index is 0. The van der Waals surface area contributed by atoms with Gasteiger partial charge in [-0.1, -0.05) is 60.7 Å². The Hall–Kier alpha value is -2.60. The minimum absolute atomic E-state index is 0. The van der Waals surface area contributed by atoms with Crippen molar-refractivity contribution < 1.29 is 5.11 Å². The molecule has 0 aliphatic carbocycles. The predicted molar refractivity (Wildman–Crippen MR) is 105 cm³/mol. The van der Waals surface area contributed by atoms with E-state index in [0.717, 1.165) is 38.9 Å². The average Bonchev–Trinajstić information content (AvgIpc) is 2.62. The zero-order chi connectivity index (χ0) is 16.5. The van der Waals surface area contributed by atoms with Crippen LogP contribution in [0.4, 0.5) is 0 Å². The molecule has 2 nitrogen and oxygen atoms in total. The Morgan fingerprint density at radius 2 is 1.52 bits per heavy atom. The van der Waals surface area contributed by atoms with Gasteiger partial charge in [-0.05, 0) is 41.8 Å². The first kappa shape index (κ1) is 17.2. The molecule has 0 saturated carbocycles. The van der Waals surface area contributed by atoms with E-state index in [4.69, 9.17) is 4.98 Å². The van der Waals surface area contributed by atoms with Gasteiger partial charge in [-0.25, -0.2) is 0 Å². The van der Waals surface area contributed by atoms with Crippen molar-refractivity contribution in [3.05, 3.63) is 84.6 Å².